The molecule has 0 amide bonds. The summed E-state index contributed by atoms with van der Waals surface area (Å²) in [5.74, 6) is 0.789. The topological polar surface area (TPSA) is 41.9 Å². The van der Waals surface area contributed by atoms with Crippen LogP contribution in [0.15, 0.2) is 54.6 Å². The summed E-state index contributed by atoms with van der Waals surface area (Å²) in [4.78, 5) is 2.39. The lowest BCUT2D eigenvalue weighted by Crippen LogP contribution is -2.44. The summed E-state index contributed by atoms with van der Waals surface area (Å²) in [6, 6.07) is 18.2. The molecule has 0 spiro atoms. The fraction of sp³-hybridized carbons (Fsp3) is 0.455. The Kier molecular flexibility index (Phi) is 6.30. The van der Waals surface area contributed by atoms with Gasteiger partial charge in [0.05, 0.1) is 25.9 Å². The van der Waals surface area contributed by atoms with Gasteiger partial charge in [0.15, 0.2) is 0 Å². The van der Waals surface area contributed by atoms with Crippen LogP contribution in [-0.2, 0) is 10.3 Å². The molecule has 2 atom stereocenters. The third-order valence-electron chi connectivity index (χ3n) is 5.45. The number of aliphatic hydroxyl groups is 1. The Morgan fingerprint density at radius 3 is 2.31 bits per heavy atom. The van der Waals surface area contributed by atoms with E-state index in [1.54, 1.807) is 7.11 Å². The van der Waals surface area contributed by atoms with Gasteiger partial charge in [-0.15, -0.1) is 0 Å². The molecule has 140 valence electrons. The SMILES string of the molecule is CC[C@@](O)(c1ccc(OC)cc1)[C@@H](CN1CCOCC1)c1ccccc1. The van der Waals surface area contributed by atoms with E-state index < -0.39 is 5.60 Å². The molecule has 26 heavy (non-hydrogen) atoms. The first-order valence-electron chi connectivity index (χ1n) is 9.39. The molecule has 1 heterocycles. The molecule has 0 bridgehead atoms. The van der Waals surface area contributed by atoms with Crippen LogP contribution in [0.4, 0.5) is 0 Å². The number of hydrogen-bond acceptors (Lipinski definition) is 4. The summed E-state index contributed by atoms with van der Waals surface area (Å²) in [6.45, 7) is 6.20. The lowest BCUT2D eigenvalue weighted by Gasteiger charge is -2.40. The average molecular weight is 355 g/mol. The van der Waals surface area contributed by atoms with Crippen LogP contribution in [0.25, 0.3) is 0 Å². The largest absolute Gasteiger partial charge is 0.497 e. The second-order valence-corrected chi connectivity index (χ2v) is 6.88. The maximum absolute atomic E-state index is 11.8. The molecule has 0 aliphatic carbocycles. The smallest absolute Gasteiger partial charge is 0.118 e. The van der Waals surface area contributed by atoms with Crippen LogP contribution >= 0.6 is 0 Å². The lowest BCUT2D eigenvalue weighted by molar-refractivity contribution is -0.0250. The van der Waals surface area contributed by atoms with Crippen LogP contribution in [-0.4, -0.2) is 50.0 Å². The second-order valence-electron chi connectivity index (χ2n) is 6.88. The van der Waals surface area contributed by atoms with Crippen molar-refractivity contribution < 1.29 is 14.6 Å². The molecule has 2 aromatic rings. The highest BCUT2D eigenvalue weighted by Gasteiger charge is 2.39. The highest BCUT2D eigenvalue weighted by molar-refractivity contribution is 5.35. The number of hydrogen-bond donors (Lipinski definition) is 1. The van der Waals surface area contributed by atoms with Crippen molar-refractivity contribution in [1.29, 1.82) is 0 Å². The Bertz CT molecular complexity index is 668. The minimum absolute atomic E-state index is 0.0137. The molecule has 1 saturated heterocycles. The Hall–Kier alpha value is -1.88. The molecule has 4 heteroatoms. The summed E-state index contributed by atoms with van der Waals surface area (Å²) in [5, 5.41) is 11.8. The van der Waals surface area contributed by atoms with E-state index in [-0.39, 0.29) is 5.92 Å². The number of morpholine rings is 1. The molecule has 0 saturated carbocycles. The molecular weight excluding hydrogens is 326 g/mol. The summed E-state index contributed by atoms with van der Waals surface area (Å²) in [7, 11) is 1.66. The van der Waals surface area contributed by atoms with Crippen LogP contribution < -0.4 is 4.74 Å². The van der Waals surface area contributed by atoms with E-state index in [9.17, 15) is 5.11 Å². The maximum atomic E-state index is 11.8. The monoisotopic (exact) mass is 355 g/mol. The molecule has 1 aliphatic heterocycles. The molecular formula is C22H29NO3. The van der Waals surface area contributed by atoms with Gasteiger partial charge in [0, 0.05) is 25.6 Å². The maximum Gasteiger partial charge on any atom is 0.118 e. The van der Waals surface area contributed by atoms with Crippen molar-refractivity contribution in [2.24, 2.45) is 0 Å². The van der Waals surface area contributed by atoms with E-state index in [4.69, 9.17) is 9.47 Å². The standard InChI is InChI=1S/C22H29NO3/c1-3-22(24,19-9-11-20(25-2)12-10-19)21(18-7-5-4-6-8-18)17-23-13-15-26-16-14-23/h4-12,21,24H,3,13-17H2,1-2H3/t21-,22+/m0/s1. The highest BCUT2D eigenvalue weighted by atomic mass is 16.5. The van der Waals surface area contributed by atoms with Gasteiger partial charge < -0.3 is 14.6 Å². The zero-order valence-electron chi connectivity index (χ0n) is 15.7. The van der Waals surface area contributed by atoms with Gasteiger partial charge in [-0.3, -0.25) is 4.90 Å². The van der Waals surface area contributed by atoms with E-state index in [1.165, 1.54) is 5.56 Å². The van der Waals surface area contributed by atoms with E-state index in [2.05, 4.69) is 24.0 Å². The lowest BCUT2D eigenvalue weighted by atomic mass is 9.75. The van der Waals surface area contributed by atoms with Gasteiger partial charge >= 0.3 is 0 Å². The molecule has 0 unspecified atom stereocenters. The Morgan fingerprint density at radius 2 is 1.73 bits per heavy atom. The van der Waals surface area contributed by atoms with Crippen molar-refractivity contribution in [1.82, 2.24) is 4.90 Å². The first kappa shape index (κ1) is 18.9. The van der Waals surface area contributed by atoms with E-state index in [0.29, 0.717) is 6.42 Å². The fourth-order valence-corrected chi connectivity index (χ4v) is 3.79. The van der Waals surface area contributed by atoms with Crippen LogP contribution in [0.1, 0.15) is 30.4 Å². The number of ether oxygens (including phenoxy) is 2. The van der Waals surface area contributed by atoms with Gasteiger partial charge in [-0.2, -0.15) is 0 Å². The Balaban J connectivity index is 1.95. The summed E-state index contributed by atoms with van der Waals surface area (Å²) < 4.78 is 10.8. The van der Waals surface area contributed by atoms with Gasteiger partial charge in [-0.05, 0) is 29.7 Å². The minimum Gasteiger partial charge on any atom is -0.497 e. The molecule has 1 fully saturated rings. The van der Waals surface area contributed by atoms with Crippen LogP contribution in [0, 0.1) is 0 Å². The van der Waals surface area contributed by atoms with Crippen molar-refractivity contribution in [3.8, 4) is 5.75 Å². The third-order valence-corrected chi connectivity index (χ3v) is 5.45. The predicted octanol–water partition coefficient (Wildman–Crippen LogP) is 3.41. The third kappa shape index (κ3) is 4.09. The van der Waals surface area contributed by atoms with Gasteiger partial charge in [-0.25, -0.2) is 0 Å². The summed E-state index contributed by atoms with van der Waals surface area (Å²) >= 11 is 0. The number of methoxy groups -OCH3 is 1. The van der Waals surface area contributed by atoms with E-state index in [0.717, 1.165) is 44.2 Å². The van der Waals surface area contributed by atoms with Gasteiger partial charge in [0.2, 0.25) is 0 Å². The first-order chi connectivity index (χ1) is 12.7. The van der Waals surface area contributed by atoms with Crippen LogP contribution in [0.2, 0.25) is 0 Å². The predicted molar refractivity (Wildman–Crippen MR) is 104 cm³/mol. The Labute approximate surface area is 156 Å². The zero-order valence-corrected chi connectivity index (χ0v) is 15.7. The molecule has 0 aromatic heterocycles. The van der Waals surface area contributed by atoms with Crippen molar-refractivity contribution in [3.05, 3.63) is 65.7 Å². The fourth-order valence-electron chi connectivity index (χ4n) is 3.79. The first-order valence-corrected chi connectivity index (χ1v) is 9.39. The highest BCUT2D eigenvalue weighted by Crippen LogP contribution is 2.41. The van der Waals surface area contributed by atoms with Gasteiger partial charge in [-0.1, -0.05) is 49.4 Å². The zero-order chi connectivity index (χ0) is 18.4. The molecule has 3 rings (SSSR count). The number of nitrogens with zero attached hydrogens (tertiary/aromatic N) is 1. The van der Waals surface area contributed by atoms with Crippen LogP contribution in [0.5, 0.6) is 5.75 Å². The molecule has 1 N–H and O–H groups in total. The summed E-state index contributed by atoms with van der Waals surface area (Å²) in [5.41, 5.74) is 1.16. The molecule has 2 aromatic carbocycles. The molecule has 1 aliphatic rings. The molecule has 4 nitrogen and oxygen atoms in total. The quantitative estimate of drug-likeness (QED) is 0.826. The van der Waals surface area contributed by atoms with Crippen molar-refractivity contribution in [2.45, 2.75) is 24.9 Å². The van der Waals surface area contributed by atoms with E-state index in [1.807, 2.05) is 42.5 Å². The van der Waals surface area contributed by atoms with Crippen molar-refractivity contribution >= 4 is 0 Å². The second kappa shape index (κ2) is 8.67. The number of rotatable bonds is 7. The normalized spacial score (nSPS) is 18.9. The van der Waals surface area contributed by atoms with Crippen molar-refractivity contribution in [3.63, 3.8) is 0 Å². The number of benzene rings is 2. The van der Waals surface area contributed by atoms with Crippen molar-refractivity contribution in [2.75, 3.05) is 40.0 Å². The van der Waals surface area contributed by atoms with E-state index >= 15 is 0 Å². The van der Waals surface area contributed by atoms with Gasteiger partial charge in [0.1, 0.15) is 5.75 Å². The average Bonchev–Trinajstić information content (AvgIpc) is 2.73. The minimum atomic E-state index is -0.939. The molecule has 0 radical (unpaired) electrons. The summed E-state index contributed by atoms with van der Waals surface area (Å²) in [6.07, 6.45) is 0.642. The van der Waals surface area contributed by atoms with Crippen LogP contribution in [0.3, 0.4) is 0 Å². The Morgan fingerprint density at radius 1 is 1.08 bits per heavy atom. The van der Waals surface area contributed by atoms with Gasteiger partial charge in [0.25, 0.3) is 0 Å².